The maximum absolute atomic E-state index is 14.2. The van der Waals surface area contributed by atoms with Crippen LogP contribution in [0.3, 0.4) is 0 Å². The Morgan fingerprint density at radius 1 is 0.471 bits per heavy atom. The highest BCUT2D eigenvalue weighted by atomic mass is 31.2. The van der Waals surface area contributed by atoms with E-state index < -0.39 is 25.2 Å². The van der Waals surface area contributed by atoms with Crippen LogP contribution in [0.2, 0.25) is 0 Å². The van der Waals surface area contributed by atoms with Crippen molar-refractivity contribution in [3.63, 3.8) is 0 Å². The van der Waals surface area contributed by atoms with Crippen LogP contribution in [0.1, 0.15) is 369 Å². The van der Waals surface area contributed by atoms with Crippen molar-refractivity contribution in [1.29, 1.82) is 0 Å². The number of benzene rings is 5. The Labute approximate surface area is 821 Å². The average Bonchev–Trinajstić information content (AvgIpc) is 1.62. The van der Waals surface area contributed by atoms with Crippen LogP contribution in [-0.2, 0) is 61.0 Å². The molecule has 4 aliphatic rings. The molecule has 2 fully saturated rings. The second kappa shape index (κ2) is 61.4. The Hall–Kier alpha value is -7.36. The number of rotatable bonds is 54. The molecule has 136 heavy (non-hydrogen) atoms. The molecule has 4 aliphatic heterocycles. The molecule has 0 saturated carbocycles. The summed E-state index contributed by atoms with van der Waals surface area (Å²) in [6.45, 7) is 42.2. The highest BCUT2D eigenvalue weighted by Gasteiger charge is 2.44. The van der Waals surface area contributed by atoms with Crippen LogP contribution < -0.4 is 28.4 Å². The van der Waals surface area contributed by atoms with Crippen molar-refractivity contribution in [1.82, 2.24) is 9.80 Å². The molecular weight excluding hydrogens is 1730 g/mol. The SMILES string of the molecule is CCC(=O)O[C@@H]1C[C@@H](COC(c2ccccc2)(c2ccc(OC)cc2)c2ccc(OC)cc2)N(C(=O)CCCCCCC(=O)Oc2c(C)c(C)c3c(c2C)CC[C@@](C)(CCC[C@H](C)CCC[C@H](C)CCCC(C)C)O3)C1.CO.CO.CO.[CH2-]P(=O)(CCC1C[C@@H](O)CN1C(=O)CCCCCCC(=O)Oc1c(C)c(C)c2c(c1C)CC[C@@](C)(CCC[C@H](C)CCC[C@H](C)CCCC(C)C)O2)OC. The van der Waals surface area contributed by atoms with Crippen LogP contribution in [0.4, 0.5) is 0 Å². The molecule has 22 heteroatoms. The van der Waals surface area contributed by atoms with E-state index in [2.05, 4.69) is 116 Å². The summed E-state index contributed by atoms with van der Waals surface area (Å²) in [6, 6.07) is 25.4. The summed E-state index contributed by atoms with van der Waals surface area (Å²) in [6.07, 6.45) is 35.2. The molecule has 5 aromatic rings. The monoisotopic (exact) mass is 1910 g/mol. The predicted molar refractivity (Wildman–Crippen MR) is 551 cm³/mol. The molecule has 2 saturated heterocycles. The first-order valence-electron chi connectivity index (χ1n) is 51.8. The lowest BCUT2D eigenvalue weighted by molar-refractivity contribution is -0.149. The third kappa shape index (κ3) is 37.9. The Balaban J connectivity index is 0.000000480. The summed E-state index contributed by atoms with van der Waals surface area (Å²) in [5.74, 6) is 8.79. The topological polar surface area (TPSA) is 273 Å². The molecule has 0 aliphatic carbocycles. The largest absolute Gasteiger partial charge is 0.497 e. The van der Waals surface area contributed by atoms with Gasteiger partial charge in [0.2, 0.25) is 11.8 Å². The molecule has 21 nitrogen and oxygen atoms in total. The average molecular weight is 1920 g/mol. The van der Waals surface area contributed by atoms with E-state index in [1.54, 1.807) is 26.0 Å². The normalized spacial score (nSPS) is 19.1. The van der Waals surface area contributed by atoms with E-state index in [0.29, 0.717) is 88.8 Å². The lowest BCUT2D eigenvalue weighted by atomic mass is 9.80. The minimum Gasteiger partial charge on any atom is -0.497 e. The number of amides is 2. The number of methoxy groups -OCH3 is 2. The van der Waals surface area contributed by atoms with Crippen LogP contribution in [0, 0.1) is 83.7 Å². The minimum absolute atomic E-state index is 0.00604. The standard InChI is InChI=1S/C66H93NO9.C45H77NO7P.3CH4O/c1-12-61(69)74-58-43-55(45-73-66(52-28-16-15-17-29-52,53-32-36-56(71-10)37-33-53)54-34-38-57(72-11)39-35-54)67(44-58)60(68)30-18-13-14-19-31-62(70)75-63-49(6)50(7)64-59(51(63)8)40-42-65(9,76-64)41-22-27-48(5)26-21-25-47(4)24-20-23-46(2)3;1-32(2)18-15-19-33(3)20-16-21-34(4)22-17-27-45(8)28-25-40-37(7)43(35(5)36(6)44(40)53-45)52-42(49)24-14-12-11-13-23-41(48)46-31-39(47)30-38(46)26-29-54(10,50)51-9;3*1-2/h15-17,28-29,32-39,46-48,55,58H,12-14,18-27,30-31,40-45H2,1-11H3;32-34,38-39,47H,10-31H2,1-9H3;3*2H,1H3/q;-1;;;/t47-,48-,55+,58-,65-;33-,34-,38?,39-,45-,54?;;;/m11.../s1. The van der Waals surface area contributed by atoms with Gasteiger partial charge in [0.15, 0.2) is 0 Å². The van der Waals surface area contributed by atoms with Gasteiger partial charge in [-0.3, -0.25) is 30.6 Å². The van der Waals surface area contributed by atoms with Crippen molar-refractivity contribution in [2.75, 3.05) is 68.5 Å². The number of hydrogen-bond donors (Lipinski definition) is 4. The van der Waals surface area contributed by atoms with Gasteiger partial charge in [-0.1, -0.05) is 232 Å². The first-order valence-corrected chi connectivity index (χ1v) is 53.8. The van der Waals surface area contributed by atoms with Gasteiger partial charge in [-0.15, -0.1) is 0 Å². The molecule has 2 unspecified atom stereocenters. The Kier molecular flexibility index (Phi) is 53.8. The number of ether oxygens (including phenoxy) is 8. The van der Waals surface area contributed by atoms with Crippen molar-refractivity contribution >= 4 is 37.1 Å². The van der Waals surface area contributed by atoms with Crippen LogP contribution in [0.25, 0.3) is 0 Å². The Bertz CT molecular complexity index is 4330. The van der Waals surface area contributed by atoms with Crippen molar-refractivity contribution < 1.29 is 91.4 Å². The highest BCUT2D eigenvalue weighted by molar-refractivity contribution is 7.60. The van der Waals surface area contributed by atoms with Gasteiger partial charge in [0, 0.05) is 90.7 Å². The number of unbranched alkanes of at least 4 members (excludes halogenated alkanes) is 6. The fourth-order valence-electron chi connectivity index (χ4n) is 20.1. The number of likely N-dealkylation sites (tertiary alicyclic amines) is 2. The molecule has 2 amide bonds. The van der Waals surface area contributed by atoms with E-state index in [9.17, 15) is 33.6 Å². The number of nitrogens with zero attached hydrogens (tertiary/aromatic N) is 2. The molecule has 0 spiro atoms. The van der Waals surface area contributed by atoms with E-state index in [-0.39, 0.29) is 72.2 Å². The predicted octanol–water partition coefficient (Wildman–Crippen LogP) is 25.6. The molecular formula is C114H182N2O19P-. The van der Waals surface area contributed by atoms with Gasteiger partial charge in [0.1, 0.15) is 57.4 Å². The first kappa shape index (κ1) is 119. The van der Waals surface area contributed by atoms with Gasteiger partial charge >= 0.3 is 17.9 Å². The molecule has 4 N–H and O–H groups in total. The van der Waals surface area contributed by atoms with E-state index >= 15 is 0 Å². The van der Waals surface area contributed by atoms with Crippen molar-refractivity contribution in [3.05, 3.63) is 147 Å². The zero-order valence-electron chi connectivity index (χ0n) is 88.4. The maximum Gasteiger partial charge on any atom is 0.311 e. The third-order valence-electron chi connectivity index (χ3n) is 28.9. The van der Waals surface area contributed by atoms with Crippen LogP contribution in [-0.4, -0.2) is 164 Å². The lowest BCUT2D eigenvalue weighted by Gasteiger charge is -2.38. The zero-order chi connectivity index (χ0) is 101. The highest BCUT2D eigenvalue weighted by Crippen LogP contribution is 2.50. The quantitative estimate of drug-likeness (QED) is 0.00703. The third-order valence-corrected chi connectivity index (χ3v) is 30.6. The van der Waals surface area contributed by atoms with Gasteiger partial charge in [-0.05, 0) is 261 Å². The summed E-state index contributed by atoms with van der Waals surface area (Å²) in [5.41, 5.74) is 9.67. The number of hydrogen-bond acceptors (Lipinski definition) is 19. The number of carbonyl (C=O) groups excluding carboxylic acids is 5. The zero-order valence-corrected chi connectivity index (χ0v) is 89.3. The number of β-amino-alcohol motifs (C(OH)–C–C–N with tert-alkyl or cyclic N) is 1. The van der Waals surface area contributed by atoms with Crippen LogP contribution >= 0.6 is 7.37 Å². The van der Waals surface area contributed by atoms with E-state index in [1.165, 1.54) is 115 Å². The molecule has 9 rings (SSSR count). The number of aliphatic hydroxyl groups excluding tert-OH is 4. The van der Waals surface area contributed by atoms with Crippen molar-refractivity contribution in [2.24, 2.45) is 35.5 Å². The van der Waals surface area contributed by atoms with Gasteiger partial charge in [0.25, 0.3) is 0 Å². The summed E-state index contributed by atoms with van der Waals surface area (Å²) in [5, 5.41) is 31.2. The van der Waals surface area contributed by atoms with E-state index in [4.69, 9.17) is 57.7 Å². The molecule has 0 radical (unpaired) electrons. The number of aliphatic hydroxyl groups is 4. The van der Waals surface area contributed by atoms with E-state index in [0.717, 1.165) is 206 Å². The van der Waals surface area contributed by atoms with Gasteiger partial charge in [-0.2, -0.15) is 0 Å². The van der Waals surface area contributed by atoms with E-state index in [1.807, 2.05) is 85.5 Å². The summed E-state index contributed by atoms with van der Waals surface area (Å²) >= 11 is 0. The summed E-state index contributed by atoms with van der Waals surface area (Å²) < 4.78 is 67.3. The maximum atomic E-state index is 14.2. The second-order valence-corrected chi connectivity index (χ2v) is 43.4. The Morgan fingerprint density at radius 2 is 0.846 bits per heavy atom. The lowest BCUT2D eigenvalue weighted by Crippen LogP contribution is -2.42. The summed E-state index contributed by atoms with van der Waals surface area (Å²) in [7, 11) is 4.77. The van der Waals surface area contributed by atoms with Crippen molar-refractivity contribution in [3.8, 4) is 34.5 Å². The summed E-state index contributed by atoms with van der Waals surface area (Å²) in [4.78, 5) is 69.7. The van der Waals surface area contributed by atoms with Crippen LogP contribution in [0.15, 0.2) is 78.9 Å². The van der Waals surface area contributed by atoms with Gasteiger partial charge in [-0.25, -0.2) is 0 Å². The molecule has 11 atom stereocenters. The van der Waals surface area contributed by atoms with Gasteiger partial charge < -0.3 is 77.2 Å². The van der Waals surface area contributed by atoms with Gasteiger partial charge in [0.05, 0.1) is 46.9 Å². The van der Waals surface area contributed by atoms with Crippen LogP contribution in [0.5, 0.6) is 34.5 Å². The smallest absolute Gasteiger partial charge is 0.311 e. The van der Waals surface area contributed by atoms with Crippen molar-refractivity contribution in [2.45, 2.75) is 403 Å². The first-order chi connectivity index (χ1) is 64.9. The minimum atomic E-state index is -2.91. The molecule has 0 bridgehead atoms. The Morgan fingerprint density at radius 3 is 1.23 bits per heavy atom. The fourth-order valence-corrected chi connectivity index (χ4v) is 21.0. The molecule has 5 aromatic carbocycles. The second-order valence-electron chi connectivity index (χ2n) is 40.9. The molecule has 4 heterocycles. The number of esters is 3. The number of fused-ring (bicyclic) bond motifs is 2. The molecule has 768 valence electrons. The fraction of sp³-hybridized carbons (Fsp3) is 0.684. The molecule has 0 aromatic heterocycles. The number of carbonyl (C=O) groups is 5.